The number of anilines is 1. The minimum atomic E-state index is -4.74. The minimum Gasteiger partial charge on any atom is -0.530 e. The maximum atomic E-state index is 13.9. The SMILES string of the molecule is CC(C)CC(C)(COc1ccc(-c2ccnc(NC(=O)c3nccs3)c2)cc1C(F)(F)F)NC(=O)[O-]. The molecule has 0 saturated carbocycles. The molecule has 36 heavy (non-hydrogen) atoms. The van der Waals surface area contributed by atoms with Crippen molar-refractivity contribution in [2.45, 2.75) is 38.9 Å². The molecule has 2 heterocycles. The van der Waals surface area contributed by atoms with Crippen molar-refractivity contribution in [3.63, 3.8) is 0 Å². The van der Waals surface area contributed by atoms with Gasteiger partial charge in [-0.1, -0.05) is 19.9 Å². The third-order valence-corrected chi connectivity index (χ3v) is 5.83. The van der Waals surface area contributed by atoms with Gasteiger partial charge in [-0.05, 0) is 54.7 Å². The molecule has 2 amide bonds. The second-order valence-electron chi connectivity index (χ2n) is 8.79. The lowest BCUT2D eigenvalue weighted by Gasteiger charge is -2.34. The van der Waals surface area contributed by atoms with Crippen LogP contribution in [0.1, 0.15) is 42.6 Å². The molecule has 0 saturated heterocycles. The van der Waals surface area contributed by atoms with Gasteiger partial charge in [0.2, 0.25) is 0 Å². The number of pyridine rings is 1. The van der Waals surface area contributed by atoms with E-state index in [9.17, 15) is 27.9 Å². The number of benzene rings is 1. The molecular weight excluding hydrogens is 497 g/mol. The smallest absolute Gasteiger partial charge is 0.419 e. The molecule has 12 heteroatoms. The predicted molar refractivity (Wildman–Crippen MR) is 127 cm³/mol. The van der Waals surface area contributed by atoms with Crippen molar-refractivity contribution in [3.05, 3.63) is 58.7 Å². The van der Waals surface area contributed by atoms with Gasteiger partial charge in [-0.25, -0.2) is 9.97 Å². The van der Waals surface area contributed by atoms with E-state index >= 15 is 0 Å². The number of halogens is 3. The number of hydrogen-bond acceptors (Lipinski definition) is 7. The summed E-state index contributed by atoms with van der Waals surface area (Å²) in [6.45, 7) is 4.92. The Hall–Kier alpha value is -3.67. The van der Waals surface area contributed by atoms with E-state index in [-0.39, 0.29) is 28.9 Å². The first kappa shape index (κ1) is 26.9. The van der Waals surface area contributed by atoms with Crippen LogP contribution in [0.2, 0.25) is 0 Å². The summed E-state index contributed by atoms with van der Waals surface area (Å²) in [5.41, 5.74) is -1.56. The Labute approximate surface area is 209 Å². The van der Waals surface area contributed by atoms with Crippen LogP contribution < -0.4 is 20.5 Å². The fraction of sp³-hybridized carbons (Fsp3) is 0.333. The van der Waals surface area contributed by atoms with E-state index in [1.54, 1.807) is 12.3 Å². The Kier molecular flexibility index (Phi) is 8.18. The van der Waals surface area contributed by atoms with Crippen LogP contribution in [0.25, 0.3) is 11.1 Å². The molecular formula is C24H24F3N4O4S-. The van der Waals surface area contributed by atoms with Gasteiger partial charge in [0, 0.05) is 17.8 Å². The van der Waals surface area contributed by atoms with Gasteiger partial charge in [-0.2, -0.15) is 13.2 Å². The molecule has 2 aromatic heterocycles. The van der Waals surface area contributed by atoms with E-state index in [2.05, 4.69) is 20.6 Å². The van der Waals surface area contributed by atoms with E-state index in [1.807, 2.05) is 13.8 Å². The second-order valence-corrected chi connectivity index (χ2v) is 9.68. The number of alkyl halides is 3. The summed E-state index contributed by atoms with van der Waals surface area (Å²) in [6.07, 6.45) is -3.11. The van der Waals surface area contributed by atoms with Crippen molar-refractivity contribution in [3.8, 4) is 16.9 Å². The number of carbonyl (C=O) groups excluding carboxylic acids is 2. The summed E-state index contributed by atoms with van der Waals surface area (Å²) in [5, 5.41) is 17.8. The quantitative estimate of drug-likeness (QED) is 0.425. The van der Waals surface area contributed by atoms with Crippen LogP contribution in [0.5, 0.6) is 5.75 Å². The number of thiazole rings is 1. The Bertz CT molecular complexity index is 1220. The van der Waals surface area contributed by atoms with Gasteiger partial charge in [0.25, 0.3) is 5.91 Å². The number of aromatic nitrogens is 2. The molecule has 0 bridgehead atoms. The van der Waals surface area contributed by atoms with E-state index in [0.29, 0.717) is 12.0 Å². The van der Waals surface area contributed by atoms with E-state index in [4.69, 9.17) is 4.74 Å². The first-order valence-corrected chi connectivity index (χ1v) is 11.7. The third kappa shape index (κ3) is 7.17. The van der Waals surface area contributed by atoms with Crippen molar-refractivity contribution < 1.29 is 32.6 Å². The summed E-state index contributed by atoms with van der Waals surface area (Å²) < 4.78 is 47.2. The summed E-state index contributed by atoms with van der Waals surface area (Å²) in [7, 11) is 0. The van der Waals surface area contributed by atoms with Gasteiger partial charge in [0.15, 0.2) is 5.01 Å². The van der Waals surface area contributed by atoms with Gasteiger partial charge < -0.3 is 25.3 Å². The van der Waals surface area contributed by atoms with Gasteiger partial charge >= 0.3 is 6.18 Å². The fourth-order valence-corrected chi connectivity index (χ4v) is 4.30. The third-order valence-electron chi connectivity index (χ3n) is 5.06. The molecule has 8 nitrogen and oxygen atoms in total. The first-order chi connectivity index (χ1) is 16.9. The van der Waals surface area contributed by atoms with Crippen molar-refractivity contribution in [2.24, 2.45) is 5.92 Å². The summed E-state index contributed by atoms with van der Waals surface area (Å²) in [5.74, 6) is -0.719. The molecule has 192 valence electrons. The van der Waals surface area contributed by atoms with Crippen molar-refractivity contribution in [1.82, 2.24) is 15.3 Å². The molecule has 0 aliphatic rings. The number of carboxylic acid groups (broad SMARTS) is 1. The van der Waals surface area contributed by atoms with Gasteiger partial charge in [-0.15, -0.1) is 11.3 Å². The summed E-state index contributed by atoms with van der Waals surface area (Å²) >= 11 is 1.14. The van der Waals surface area contributed by atoms with Crippen molar-refractivity contribution in [1.29, 1.82) is 0 Å². The van der Waals surface area contributed by atoms with Crippen molar-refractivity contribution in [2.75, 3.05) is 11.9 Å². The lowest BCUT2D eigenvalue weighted by Crippen LogP contribution is -2.55. The molecule has 0 spiro atoms. The second kappa shape index (κ2) is 10.9. The first-order valence-electron chi connectivity index (χ1n) is 10.9. The van der Waals surface area contributed by atoms with Gasteiger partial charge in [0.1, 0.15) is 24.3 Å². The lowest BCUT2D eigenvalue weighted by molar-refractivity contribution is -0.253. The topological polar surface area (TPSA) is 116 Å². The summed E-state index contributed by atoms with van der Waals surface area (Å²) in [6, 6.07) is 6.52. The standard InChI is InChI=1S/C24H25F3N4O4S/c1-14(2)12-23(3,31-22(33)34)13-35-18-5-4-15(10-17(18)24(25,26)27)16-6-7-28-19(11-16)30-20(32)21-29-8-9-36-21/h4-11,14,31H,12-13H2,1-3H3,(H,33,34)(H,28,30,32)/p-1. The fourth-order valence-electron chi connectivity index (χ4n) is 3.77. The average Bonchev–Trinajstić information content (AvgIpc) is 3.31. The van der Waals surface area contributed by atoms with Gasteiger partial charge in [-0.3, -0.25) is 4.79 Å². The molecule has 1 atom stereocenters. The number of nitrogens with zero attached hydrogens (tertiary/aromatic N) is 2. The normalized spacial score (nSPS) is 13.2. The lowest BCUT2D eigenvalue weighted by atomic mass is 9.91. The number of hydrogen-bond donors (Lipinski definition) is 2. The monoisotopic (exact) mass is 521 g/mol. The highest BCUT2D eigenvalue weighted by atomic mass is 32.1. The largest absolute Gasteiger partial charge is 0.530 e. The highest BCUT2D eigenvalue weighted by molar-refractivity contribution is 7.11. The Morgan fingerprint density at radius 1 is 1.11 bits per heavy atom. The molecule has 0 radical (unpaired) electrons. The Balaban J connectivity index is 1.87. The van der Waals surface area contributed by atoms with Crippen LogP contribution in [0.3, 0.4) is 0 Å². The predicted octanol–water partition coefficient (Wildman–Crippen LogP) is 4.59. The average molecular weight is 522 g/mol. The maximum absolute atomic E-state index is 13.9. The molecule has 1 unspecified atom stereocenters. The zero-order valence-electron chi connectivity index (χ0n) is 19.7. The molecule has 2 N–H and O–H groups in total. The Morgan fingerprint density at radius 2 is 1.83 bits per heavy atom. The van der Waals surface area contributed by atoms with Gasteiger partial charge in [0.05, 0.1) is 11.1 Å². The number of rotatable bonds is 9. The van der Waals surface area contributed by atoms with Crippen LogP contribution in [0.15, 0.2) is 48.1 Å². The van der Waals surface area contributed by atoms with Crippen LogP contribution >= 0.6 is 11.3 Å². The molecule has 0 fully saturated rings. The molecule has 3 rings (SSSR count). The highest BCUT2D eigenvalue weighted by Gasteiger charge is 2.36. The van der Waals surface area contributed by atoms with Crippen LogP contribution in [0.4, 0.5) is 23.8 Å². The van der Waals surface area contributed by atoms with E-state index in [1.165, 1.54) is 36.7 Å². The zero-order chi connectivity index (χ0) is 26.5. The molecule has 0 aliphatic heterocycles. The molecule has 3 aromatic rings. The molecule has 0 aliphatic carbocycles. The minimum absolute atomic E-state index is 0.0480. The number of nitrogens with one attached hydrogen (secondary N) is 2. The van der Waals surface area contributed by atoms with Crippen LogP contribution in [-0.2, 0) is 6.18 Å². The van der Waals surface area contributed by atoms with E-state index in [0.717, 1.165) is 17.4 Å². The number of amides is 2. The van der Waals surface area contributed by atoms with Crippen LogP contribution in [-0.4, -0.2) is 34.1 Å². The summed E-state index contributed by atoms with van der Waals surface area (Å²) in [4.78, 5) is 31.3. The number of carbonyl (C=O) groups is 2. The zero-order valence-corrected chi connectivity index (χ0v) is 20.5. The maximum Gasteiger partial charge on any atom is 0.419 e. The van der Waals surface area contributed by atoms with E-state index < -0.39 is 35.0 Å². The molecule has 1 aromatic carbocycles. The highest BCUT2D eigenvalue weighted by Crippen LogP contribution is 2.39. The van der Waals surface area contributed by atoms with Crippen molar-refractivity contribution >= 4 is 29.2 Å². The van der Waals surface area contributed by atoms with Crippen LogP contribution in [0, 0.1) is 5.92 Å². The Morgan fingerprint density at radius 3 is 2.44 bits per heavy atom. The number of ether oxygens (including phenoxy) is 1.